The third-order valence-electron chi connectivity index (χ3n) is 3.75. The van der Waals surface area contributed by atoms with E-state index in [0.29, 0.717) is 18.8 Å². The van der Waals surface area contributed by atoms with Gasteiger partial charge >= 0.3 is 0 Å². The van der Waals surface area contributed by atoms with Gasteiger partial charge in [-0.1, -0.05) is 53.7 Å². The van der Waals surface area contributed by atoms with Gasteiger partial charge in [0.2, 0.25) is 0 Å². The lowest BCUT2D eigenvalue weighted by atomic mass is 9.98. The maximum Gasteiger partial charge on any atom is 0.254 e. The van der Waals surface area contributed by atoms with E-state index in [1.54, 1.807) is 4.90 Å². The maximum absolute atomic E-state index is 12.5. The molecule has 1 aliphatic rings. The predicted molar refractivity (Wildman–Crippen MR) is 80.8 cm³/mol. The van der Waals surface area contributed by atoms with Crippen LogP contribution in [0.1, 0.15) is 21.5 Å². The predicted octanol–water partition coefficient (Wildman–Crippen LogP) is 2.56. The smallest absolute Gasteiger partial charge is 0.254 e. The number of hydrogen-bond donors (Lipinski definition) is 1. The molecule has 4 heteroatoms. The highest BCUT2D eigenvalue weighted by molar-refractivity contribution is 6.05. The van der Waals surface area contributed by atoms with Crippen LogP contribution in [0.5, 0.6) is 0 Å². The molecule has 0 atom stereocenters. The molecular formula is C17H16N2O2. The van der Waals surface area contributed by atoms with E-state index < -0.39 is 0 Å². The van der Waals surface area contributed by atoms with E-state index >= 15 is 0 Å². The molecule has 3 rings (SSSR count). The Hall–Kier alpha value is -2.62. The Morgan fingerprint density at radius 1 is 1.10 bits per heavy atom. The minimum atomic E-state index is -0.00562. The van der Waals surface area contributed by atoms with Gasteiger partial charge < -0.3 is 10.1 Å². The van der Waals surface area contributed by atoms with Crippen molar-refractivity contribution in [3.05, 3.63) is 71.3 Å². The molecule has 1 amide bonds. The highest BCUT2D eigenvalue weighted by atomic mass is 16.4. The normalized spacial score (nSPS) is 15.0. The molecule has 0 fully saturated rings. The Morgan fingerprint density at radius 3 is 2.57 bits per heavy atom. The number of oxime groups is 1. The van der Waals surface area contributed by atoms with Gasteiger partial charge in [0.15, 0.2) is 0 Å². The SMILES string of the molecule is O=C1c2ccccc2CCN1C/C(=N\O)c1ccccc1. The molecule has 0 aromatic heterocycles. The molecule has 1 aliphatic heterocycles. The molecule has 2 aromatic rings. The summed E-state index contributed by atoms with van der Waals surface area (Å²) in [6.07, 6.45) is 0.829. The fraction of sp³-hybridized carbons (Fsp3) is 0.176. The van der Waals surface area contributed by atoms with Crippen LogP contribution in [-0.2, 0) is 6.42 Å². The summed E-state index contributed by atoms with van der Waals surface area (Å²) in [6.45, 7) is 0.954. The first-order valence-corrected chi connectivity index (χ1v) is 6.93. The molecule has 0 unspecified atom stereocenters. The van der Waals surface area contributed by atoms with Gasteiger partial charge in [0.1, 0.15) is 5.71 Å². The Balaban J connectivity index is 1.82. The molecule has 106 valence electrons. The molecule has 2 aromatic carbocycles. The molecule has 0 spiro atoms. The van der Waals surface area contributed by atoms with Crippen molar-refractivity contribution >= 4 is 11.6 Å². The number of fused-ring (bicyclic) bond motifs is 1. The van der Waals surface area contributed by atoms with Gasteiger partial charge in [0, 0.05) is 17.7 Å². The van der Waals surface area contributed by atoms with E-state index in [4.69, 9.17) is 0 Å². The van der Waals surface area contributed by atoms with Crippen LogP contribution in [0.4, 0.5) is 0 Å². The van der Waals surface area contributed by atoms with Crippen molar-refractivity contribution in [2.75, 3.05) is 13.1 Å². The van der Waals surface area contributed by atoms with E-state index in [0.717, 1.165) is 23.1 Å². The van der Waals surface area contributed by atoms with Crippen LogP contribution in [0, 0.1) is 0 Å². The lowest BCUT2D eigenvalue weighted by molar-refractivity contribution is 0.0764. The fourth-order valence-electron chi connectivity index (χ4n) is 2.62. The Bertz CT molecular complexity index is 680. The van der Waals surface area contributed by atoms with Crippen LogP contribution in [0.3, 0.4) is 0 Å². The van der Waals surface area contributed by atoms with E-state index in [1.165, 1.54) is 0 Å². The van der Waals surface area contributed by atoms with Crippen molar-refractivity contribution in [1.82, 2.24) is 4.90 Å². The summed E-state index contributed by atoms with van der Waals surface area (Å²) < 4.78 is 0. The van der Waals surface area contributed by atoms with E-state index in [2.05, 4.69) is 5.16 Å². The van der Waals surface area contributed by atoms with Crippen molar-refractivity contribution in [3.63, 3.8) is 0 Å². The number of carbonyl (C=O) groups is 1. The van der Waals surface area contributed by atoms with Crippen molar-refractivity contribution < 1.29 is 10.0 Å². The van der Waals surface area contributed by atoms with Gasteiger partial charge in [-0.3, -0.25) is 4.79 Å². The molecule has 0 aliphatic carbocycles. The number of carbonyl (C=O) groups excluding carboxylic acids is 1. The minimum Gasteiger partial charge on any atom is -0.411 e. The summed E-state index contributed by atoms with van der Waals surface area (Å²) in [5.41, 5.74) is 3.16. The van der Waals surface area contributed by atoms with Crippen molar-refractivity contribution in [2.24, 2.45) is 5.16 Å². The summed E-state index contributed by atoms with van der Waals surface area (Å²) in [5, 5.41) is 12.6. The largest absolute Gasteiger partial charge is 0.411 e. The van der Waals surface area contributed by atoms with Crippen LogP contribution in [0.25, 0.3) is 0 Å². The first kappa shape index (κ1) is 13.4. The maximum atomic E-state index is 12.5. The average Bonchev–Trinajstić information content (AvgIpc) is 2.55. The summed E-state index contributed by atoms with van der Waals surface area (Å²) >= 11 is 0. The van der Waals surface area contributed by atoms with Crippen molar-refractivity contribution in [3.8, 4) is 0 Å². The topological polar surface area (TPSA) is 52.9 Å². The minimum absolute atomic E-state index is 0.00562. The van der Waals surface area contributed by atoms with Crippen molar-refractivity contribution in [1.29, 1.82) is 0 Å². The highest BCUT2D eigenvalue weighted by Crippen LogP contribution is 2.19. The molecule has 4 nitrogen and oxygen atoms in total. The number of amides is 1. The average molecular weight is 280 g/mol. The zero-order chi connectivity index (χ0) is 14.7. The molecule has 0 saturated carbocycles. The Morgan fingerprint density at radius 2 is 1.81 bits per heavy atom. The second-order valence-electron chi connectivity index (χ2n) is 5.05. The van der Waals surface area contributed by atoms with E-state index in [-0.39, 0.29) is 5.91 Å². The Kier molecular flexibility index (Phi) is 3.69. The molecule has 0 saturated heterocycles. The molecule has 0 bridgehead atoms. The number of nitrogens with zero attached hydrogens (tertiary/aromatic N) is 2. The zero-order valence-corrected chi connectivity index (χ0v) is 11.6. The summed E-state index contributed by atoms with van der Waals surface area (Å²) in [6, 6.07) is 17.1. The van der Waals surface area contributed by atoms with Crippen LogP contribution in [-0.4, -0.2) is 34.8 Å². The second kappa shape index (κ2) is 5.79. The van der Waals surface area contributed by atoms with Crippen molar-refractivity contribution in [2.45, 2.75) is 6.42 Å². The first-order valence-electron chi connectivity index (χ1n) is 6.93. The summed E-state index contributed by atoms with van der Waals surface area (Å²) in [4.78, 5) is 14.2. The Labute approximate surface area is 123 Å². The summed E-state index contributed by atoms with van der Waals surface area (Å²) in [7, 11) is 0. The van der Waals surface area contributed by atoms with Crippen LogP contribution in [0.15, 0.2) is 59.8 Å². The van der Waals surface area contributed by atoms with Crippen LogP contribution in [0.2, 0.25) is 0 Å². The standard InChI is InChI=1S/C17H16N2O2/c20-17-15-9-5-4-6-13(15)10-11-19(17)12-16(18-21)14-7-2-1-3-8-14/h1-9,21H,10-12H2/b18-16+. The highest BCUT2D eigenvalue weighted by Gasteiger charge is 2.25. The number of rotatable bonds is 3. The first-order chi connectivity index (χ1) is 10.3. The second-order valence-corrected chi connectivity index (χ2v) is 5.05. The molecule has 21 heavy (non-hydrogen) atoms. The molecule has 1 N–H and O–H groups in total. The van der Waals surface area contributed by atoms with Gasteiger partial charge in [-0.15, -0.1) is 0 Å². The quantitative estimate of drug-likeness (QED) is 0.533. The van der Waals surface area contributed by atoms with E-state index in [9.17, 15) is 10.0 Å². The van der Waals surface area contributed by atoms with Gasteiger partial charge in [0.05, 0.1) is 6.54 Å². The van der Waals surface area contributed by atoms with Crippen LogP contribution >= 0.6 is 0 Å². The third kappa shape index (κ3) is 2.65. The van der Waals surface area contributed by atoms with Gasteiger partial charge in [-0.05, 0) is 18.1 Å². The molecular weight excluding hydrogens is 264 g/mol. The van der Waals surface area contributed by atoms with Crippen LogP contribution < -0.4 is 0 Å². The molecule has 0 radical (unpaired) electrons. The summed E-state index contributed by atoms with van der Waals surface area (Å²) in [5.74, 6) is -0.00562. The lowest BCUT2D eigenvalue weighted by Crippen LogP contribution is -2.41. The van der Waals surface area contributed by atoms with Gasteiger partial charge in [-0.25, -0.2) is 0 Å². The number of hydrogen-bond acceptors (Lipinski definition) is 3. The van der Waals surface area contributed by atoms with Gasteiger partial charge in [0.25, 0.3) is 5.91 Å². The third-order valence-corrected chi connectivity index (χ3v) is 3.75. The molecule has 1 heterocycles. The number of benzene rings is 2. The zero-order valence-electron chi connectivity index (χ0n) is 11.6. The monoisotopic (exact) mass is 280 g/mol. The van der Waals surface area contributed by atoms with Gasteiger partial charge in [-0.2, -0.15) is 0 Å². The fourth-order valence-corrected chi connectivity index (χ4v) is 2.62. The lowest BCUT2D eigenvalue weighted by Gasteiger charge is -2.28. The van der Waals surface area contributed by atoms with E-state index in [1.807, 2.05) is 54.6 Å².